The van der Waals surface area contributed by atoms with E-state index in [0.717, 1.165) is 44.9 Å². The first kappa shape index (κ1) is 25.4. The molecule has 0 bridgehead atoms. The van der Waals surface area contributed by atoms with E-state index in [2.05, 4.69) is 20.8 Å². The SMILES string of the molecule is CCC(C)(C)C(=O)OC1CCC(C(C)(C)CC(C)(CC)C(=O)Oc2ccccc2)CC1. The molecule has 0 aromatic heterocycles. The van der Waals surface area contributed by atoms with Crippen molar-refractivity contribution in [2.75, 3.05) is 0 Å². The zero-order valence-corrected chi connectivity index (χ0v) is 20.6. The van der Waals surface area contributed by atoms with Crippen LogP contribution in [0.25, 0.3) is 0 Å². The highest BCUT2D eigenvalue weighted by molar-refractivity contribution is 5.78. The fourth-order valence-electron chi connectivity index (χ4n) is 4.63. The molecule has 174 valence electrons. The van der Waals surface area contributed by atoms with Crippen LogP contribution in [0.2, 0.25) is 0 Å². The van der Waals surface area contributed by atoms with Gasteiger partial charge in [-0.05, 0) is 89.2 Å². The van der Waals surface area contributed by atoms with E-state index in [1.165, 1.54) is 0 Å². The standard InChI is InChI=1S/C27H42O4/c1-8-25(3,4)23(28)30-22-17-15-20(16-18-22)26(5,6)19-27(7,9-2)24(29)31-21-13-11-10-12-14-21/h10-14,20,22H,8-9,15-19H2,1-7H3. The summed E-state index contributed by atoms with van der Waals surface area (Å²) in [7, 11) is 0. The number of benzene rings is 1. The Morgan fingerprint density at radius 2 is 1.45 bits per heavy atom. The van der Waals surface area contributed by atoms with Crippen LogP contribution >= 0.6 is 0 Å². The van der Waals surface area contributed by atoms with Crippen LogP contribution in [0.5, 0.6) is 5.75 Å². The van der Waals surface area contributed by atoms with Crippen LogP contribution < -0.4 is 4.74 Å². The van der Waals surface area contributed by atoms with Crippen molar-refractivity contribution in [1.82, 2.24) is 0 Å². The summed E-state index contributed by atoms with van der Waals surface area (Å²) in [5, 5.41) is 0. The van der Waals surface area contributed by atoms with Crippen molar-refractivity contribution >= 4 is 11.9 Å². The minimum atomic E-state index is -0.534. The normalized spacial score (nSPS) is 21.8. The maximum Gasteiger partial charge on any atom is 0.317 e. The van der Waals surface area contributed by atoms with Crippen LogP contribution in [0.4, 0.5) is 0 Å². The molecule has 0 saturated heterocycles. The maximum atomic E-state index is 13.0. The number of hydrogen-bond donors (Lipinski definition) is 0. The molecule has 1 aliphatic rings. The molecule has 0 spiro atoms. The molecular weight excluding hydrogens is 388 g/mol. The number of hydrogen-bond acceptors (Lipinski definition) is 4. The van der Waals surface area contributed by atoms with Crippen LogP contribution in [-0.4, -0.2) is 18.0 Å². The van der Waals surface area contributed by atoms with Crippen LogP contribution in [-0.2, 0) is 14.3 Å². The first-order valence-corrected chi connectivity index (χ1v) is 11.9. The number of ether oxygens (including phenoxy) is 2. The molecule has 1 atom stereocenters. The number of esters is 2. The van der Waals surface area contributed by atoms with E-state index >= 15 is 0 Å². The lowest BCUT2D eigenvalue weighted by Crippen LogP contribution is -2.40. The van der Waals surface area contributed by atoms with Crippen molar-refractivity contribution in [3.63, 3.8) is 0 Å². The molecule has 0 aliphatic heterocycles. The second kappa shape index (κ2) is 10.2. The Balaban J connectivity index is 1.96. The predicted molar refractivity (Wildman–Crippen MR) is 125 cm³/mol. The van der Waals surface area contributed by atoms with Gasteiger partial charge in [-0.3, -0.25) is 9.59 Å². The molecule has 0 radical (unpaired) electrons. The van der Waals surface area contributed by atoms with Gasteiger partial charge in [0.25, 0.3) is 0 Å². The summed E-state index contributed by atoms with van der Waals surface area (Å²) in [6.45, 7) is 14.6. The van der Waals surface area contributed by atoms with Gasteiger partial charge in [-0.1, -0.05) is 45.9 Å². The van der Waals surface area contributed by atoms with Gasteiger partial charge in [-0.25, -0.2) is 0 Å². The maximum absolute atomic E-state index is 13.0. The first-order valence-electron chi connectivity index (χ1n) is 11.9. The third kappa shape index (κ3) is 6.57. The lowest BCUT2D eigenvalue weighted by molar-refractivity contribution is -0.162. The van der Waals surface area contributed by atoms with E-state index in [0.29, 0.717) is 11.7 Å². The molecule has 1 aliphatic carbocycles. The van der Waals surface area contributed by atoms with Crippen molar-refractivity contribution in [2.45, 2.75) is 99.5 Å². The molecule has 0 N–H and O–H groups in total. The fourth-order valence-corrected chi connectivity index (χ4v) is 4.63. The minimum absolute atomic E-state index is 0.00185. The van der Waals surface area contributed by atoms with Crippen molar-refractivity contribution in [3.8, 4) is 5.75 Å². The minimum Gasteiger partial charge on any atom is -0.462 e. The van der Waals surface area contributed by atoms with E-state index < -0.39 is 10.8 Å². The highest BCUT2D eigenvalue weighted by atomic mass is 16.5. The van der Waals surface area contributed by atoms with Crippen LogP contribution in [0.3, 0.4) is 0 Å². The zero-order chi connectivity index (χ0) is 23.3. The highest BCUT2D eigenvalue weighted by Crippen LogP contribution is 2.47. The van der Waals surface area contributed by atoms with Crippen molar-refractivity contribution in [1.29, 1.82) is 0 Å². The van der Waals surface area contributed by atoms with Crippen LogP contribution in [0.15, 0.2) is 30.3 Å². The second-order valence-corrected chi connectivity index (χ2v) is 10.9. The van der Waals surface area contributed by atoms with Crippen LogP contribution in [0.1, 0.15) is 93.4 Å². The third-order valence-corrected chi connectivity index (χ3v) is 7.56. The van der Waals surface area contributed by atoms with E-state index in [9.17, 15) is 9.59 Å². The Labute approximate surface area is 189 Å². The molecular formula is C27H42O4. The number of rotatable bonds is 9. The smallest absolute Gasteiger partial charge is 0.317 e. The Morgan fingerprint density at radius 1 is 0.871 bits per heavy atom. The van der Waals surface area contributed by atoms with E-state index in [4.69, 9.17) is 9.47 Å². The summed E-state index contributed by atoms with van der Waals surface area (Å²) < 4.78 is 11.5. The molecule has 31 heavy (non-hydrogen) atoms. The lowest BCUT2D eigenvalue weighted by atomic mass is 9.63. The first-order chi connectivity index (χ1) is 14.4. The second-order valence-electron chi connectivity index (χ2n) is 10.9. The third-order valence-electron chi connectivity index (χ3n) is 7.56. The van der Waals surface area contributed by atoms with Gasteiger partial charge in [0.1, 0.15) is 11.9 Å². The average molecular weight is 431 g/mol. The molecule has 0 amide bonds. The largest absolute Gasteiger partial charge is 0.462 e. The molecule has 1 saturated carbocycles. The summed E-state index contributed by atoms with van der Waals surface area (Å²) in [6.07, 6.45) is 6.15. The van der Waals surface area contributed by atoms with E-state index in [1.807, 2.05) is 58.0 Å². The van der Waals surface area contributed by atoms with Gasteiger partial charge in [-0.2, -0.15) is 0 Å². The Kier molecular flexibility index (Phi) is 8.35. The molecule has 1 fully saturated rings. The molecule has 4 heteroatoms. The van der Waals surface area contributed by atoms with Crippen molar-refractivity contribution in [2.24, 2.45) is 22.2 Å². The summed E-state index contributed by atoms with van der Waals surface area (Å²) in [6, 6.07) is 9.31. The zero-order valence-electron chi connectivity index (χ0n) is 20.6. The quantitative estimate of drug-likeness (QED) is 0.314. The number of para-hydroxylation sites is 1. The molecule has 1 aromatic carbocycles. The summed E-state index contributed by atoms with van der Waals surface area (Å²) in [4.78, 5) is 25.5. The topological polar surface area (TPSA) is 52.6 Å². The Morgan fingerprint density at radius 3 is 1.97 bits per heavy atom. The van der Waals surface area contributed by atoms with Gasteiger partial charge < -0.3 is 9.47 Å². The van der Waals surface area contributed by atoms with Gasteiger partial charge in [0, 0.05) is 0 Å². The van der Waals surface area contributed by atoms with Gasteiger partial charge in [-0.15, -0.1) is 0 Å². The van der Waals surface area contributed by atoms with Gasteiger partial charge in [0.2, 0.25) is 0 Å². The van der Waals surface area contributed by atoms with Gasteiger partial charge in [0.05, 0.1) is 10.8 Å². The summed E-state index contributed by atoms with van der Waals surface area (Å²) in [5.41, 5.74) is -0.954. The predicted octanol–water partition coefficient (Wildman–Crippen LogP) is 6.96. The Hall–Kier alpha value is -1.84. The monoisotopic (exact) mass is 430 g/mol. The highest BCUT2D eigenvalue weighted by Gasteiger charge is 2.43. The van der Waals surface area contributed by atoms with Gasteiger partial charge >= 0.3 is 11.9 Å². The number of carbonyl (C=O) groups is 2. The Bertz CT molecular complexity index is 729. The van der Waals surface area contributed by atoms with Crippen molar-refractivity contribution in [3.05, 3.63) is 30.3 Å². The summed E-state index contributed by atoms with van der Waals surface area (Å²) >= 11 is 0. The van der Waals surface area contributed by atoms with E-state index in [1.54, 1.807) is 0 Å². The lowest BCUT2D eigenvalue weighted by Gasteiger charge is -2.43. The molecule has 0 heterocycles. The summed E-state index contributed by atoms with van der Waals surface area (Å²) in [5.74, 6) is 0.859. The number of carbonyl (C=O) groups excluding carboxylic acids is 2. The fraction of sp³-hybridized carbons (Fsp3) is 0.704. The van der Waals surface area contributed by atoms with Crippen molar-refractivity contribution < 1.29 is 19.1 Å². The molecule has 1 aromatic rings. The van der Waals surface area contributed by atoms with Gasteiger partial charge in [0.15, 0.2) is 0 Å². The molecule has 2 rings (SSSR count). The van der Waals surface area contributed by atoms with Crippen LogP contribution in [0, 0.1) is 22.2 Å². The average Bonchev–Trinajstić information content (AvgIpc) is 2.74. The molecule has 1 unspecified atom stereocenters. The molecule has 4 nitrogen and oxygen atoms in total. The van der Waals surface area contributed by atoms with E-state index in [-0.39, 0.29) is 23.5 Å².